The third-order valence-electron chi connectivity index (χ3n) is 6.09. The van der Waals surface area contributed by atoms with Gasteiger partial charge in [0.25, 0.3) is 0 Å². The van der Waals surface area contributed by atoms with E-state index in [1.54, 1.807) is 24.3 Å². The number of nitrogens with zero attached hydrogens (tertiary/aromatic N) is 3. The average molecular weight is 514 g/mol. The fourth-order valence-corrected chi connectivity index (χ4v) is 5.64. The molecule has 0 saturated carbocycles. The first kappa shape index (κ1) is 26.5. The fraction of sp³-hybridized carbons (Fsp3) is 0.346. The predicted octanol–water partition coefficient (Wildman–Crippen LogP) is 5.12. The number of aromatic nitrogens is 2. The lowest BCUT2D eigenvalue weighted by atomic mass is 9.96. The Balaban J connectivity index is 0.00000108. The number of piperidine rings is 1. The van der Waals surface area contributed by atoms with E-state index < -0.39 is 9.84 Å². The lowest BCUT2D eigenvalue weighted by molar-refractivity contribution is -0.191. The number of rotatable bonds is 6. The van der Waals surface area contributed by atoms with Crippen molar-refractivity contribution in [3.05, 3.63) is 70.9 Å². The fourth-order valence-electron chi connectivity index (χ4n) is 4.22. The normalized spacial score (nSPS) is 15.6. The number of benzene rings is 1. The van der Waals surface area contributed by atoms with Crippen molar-refractivity contribution < 1.29 is 18.0 Å². The zero-order chi connectivity index (χ0) is 25.4. The van der Waals surface area contributed by atoms with Gasteiger partial charge in [-0.05, 0) is 55.5 Å². The highest BCUT2D eigenvalue weighted by Crippen LogP contribution is 2.30. The first-order chi connectivity index (χ1) is 16.8. The second-order valence-corrected chi connectivity index (χ2v) is 10.8. The largest absolute Gasteiger partial charge is 0.373 e. The summed E-state index contributed by atoms with van der Waals surface area (Å²) in [7, 11) is -3.66. The van der Waals surface area contributed by atoms with E-state index in [2.05, 4.69) is 21.8 Å². The zero-order valence-electron chi connectivity index (χ0n) is 19.8. The highest BCUT2D eigenvalue weighted by molar-refractivity contribution is 7.90. The highest BCUT2D eigenvalue weighted by atomic mass is 35.5. The van der Waals surface area contributed by atoms with Crippen LogP contribution in [0, 0.1) is 12.8 Å². The number of sulfone groups is 1. The summed E-state index contributed by atoms with van der Waals surface area (Å²) < 4.78 is 26.4. The van der Waals surface area contributed by atoms with Crippen LogP contribution in [0.25, 0.3) is 11.3 Å². The van der Waals surface area contributed by atoms with Crippen LogP contribution in [0.5, 0.6) is 0 Å². The molecule has 0 spiro atoms. The van der Waals surface area contributed by atoms with Gasteiger partial charge in [0, 0.05) is 18.7 Å². The van der Waals surface area contributed by atoms with Crippen molar-refractivity contribution in [2.45, 2.75) is 43.9 Å². The molecule has 9 heteroatoms. The molecule has 4 rings (SSSR count). The van der Waals surface area contributed by atoms with Crippen LogP contribution in [-0.2, 0) is 25.2 Å². The minimum Gasteiger partial charge on any atom is -0.356 e. The number of hydrogen-bond donors (Lipinski definition) is 0. The molecule has 7 nitrogen and oxygen atoms in total. The van der Waals surface area contributed by atoms with Gasteiger partial charge in [0.1, 0.15) is 5.82 Å². The van der Waals surface area contributed by atoms with Crippen molar-refractivity contribution in [1.82, 2.24) is 9.97 Å². The molecule has 0 aliphatic carbocycles. The van der Waals surface area contributed by atoms with E-state index in [1.165, 1.54) is 6.42 Å². The van der Waals surface area contributed by atoms with Gasteiger partial charge in [-0.1, -0.05) is 55.3 Å². The second kappa shape index (κ2) is 12.1. The zero-order valence-corrected chi connectivity index (χ0v) is 21.3. The van der Waals surface area contributed by atoms with E-state index in [9.17, 15) is 8.42 Å². The maximum Gasteiger partial charge on any atom is 0.373 e. The molecule has 1 fully saturated rings. The molecule has 3 heterocycles. The molecule has 2 aromatic heterocycles. The number of halogens is 1. The molecule has 1 aliphatic heterocycles. The summed E-state index contributed by atoms with van der Waals surface area (Å²) in [5.41, 5.74) is 2.97. The molecule has 3 aromatic rings. The van der Waals surface area contributed by atoms with Gasteiger partial charge in [0.15, 0.2) is 5.03 Å². The number of pyridine rings is 2. The number of hydrogen-bond acceptors (Lipinski definition) is 7. The SMILES string of the molecule is CCC1CCCN(c2cccc(S(=O)(=O)Cc3ccc(Cl)c(-c4ccccc4C)n3)n2)C1.O=C=O. The van der Waals surface area contributed by atoms with Crippen molar-refractivity contribution in [1.29, 1.82) is 0 Å². The molecular weight excluding hydrogens is 486 g/mol. The van der Waals surface area contributed by atoms with Gasteiger partial charge in [-0.15, -0.1) is 0 Å². The van der Waals surface area contributed by atoms with E-state index in [0.717, 1.165) is 42.9 Å². The summed E-state index contributed by atoms with van der Waals surface area (Å²) in [5, 5.41) is 0.582. The molecule has 35 heavy (non-hydrogen) atoms. The van der Waals surface area contributed by atoms with Gasteiger partial charge in [0.05, 0.1) is 22.2 Å². The van der Waals surface area contributed by atoms with E-state index >= 15 is 0 Å². The van der Waals surface area contributed by atoms with Crippen molar-refractivity contribution in [2.75, 3.05) is 18.0 Å². The summed E-state index contributed by atoms with van der Waals surface area (Å²) in [6.07, 6.45) is 3.70. The minimum absolute atomic E-state index is 0.0859. The van der Waals surface area contributed by atoms with E-state index in [4.69, 9.17) is 21.2 Å². The van der Waals surface area contributed by atoms with Crippen molar-refractivity contribution in [3.63, 3.8) is 0 Å². The quantitative estimate of drug-likeness (QED) is 0.451. The molecule has 1 saturated heterocycles. The van der Waals surface area contributed by atoms with Gasteiger partial charge in [-0.2, -0.15) is 9.59 Å². The van der Waals surface area contributed by atoms with E-state index in [-0.39, 0.29) is 16.9 Å². The lowest BCUT2D eigenvalue weighted by Crippen LogP contribution is -2.35. The average Bonchev–Trinajstić information content (AvgIpc) is 2.86. The Labute approximate surface area is 211 Å². The maximum atomic E-state index is 13.2. The van der Waals surface area contributed by atoms with Crippen LogP contribution in [0.1, 0.15) is 37.4 Å². The first-order valence-electron chi connectivity index (χ1n) is 11.4. The molecule has 0 N–H and O–H groups in total. The summed E-state index contributed by atoms with van der Waals surface area (Å²) >= 11 is 6.39. The number of anilines is 1. The van der Waals surface area contributed by atoms with Crippen LogP contribution in [0.3, 0.4) is 0 Å². The molecular formula is C26H28ClN3O4S. The lowest BCUT2D eigenvalue weighted by Gasteiger charge is -2.33. The third kappa shape index (κ3) is 6.75. The van der Waals surface area contributed by atoms with Crippen LogP contribution in [0.15, 0.2) is 59.6 Å². The summed E-state index contributed by atoms with van der Waals surface area (Å²) in [6, 6.07) is 16.4. The Morgan fingerprint density at radius 1 is 1.06 bits per heavy atom. The highest BCUT2D eigenvalue weighted by Gasteiger charge is 2.23. The molecule has 1 atom stereocenters. The Hall–Kier alpha value is -3.06. The third-order valence-corrected chi connectivity index (χ3v) is 7.94. The summed E-state index contributed by atoms with van der Waals surface area (Å²) in [4.78, 5) is 27.6. The Morgan fingerprint density at radius 3 is 2.51 bits per heavy atom. The van der Waals surface area contributed by atoms with Crippen LogP contribution < -0.4 is 4.90 Å². The van der Waals surface area contributed by atoms with E-state index in [1.807, 2.05) is 37.3 Å². The Kier molecular flexibility index (Phi) is 9.15. The molecule has 0 bridgehead atoms. The second-order valence-electron chi connectivity index (χ2n) is 8.49. The smallest absolute Gasteiger partial charge is 0.356 e. The maximum absolute atomic E-state index is 13.2. The van der Waals surface area contributed by atoms with Gasteiger partial charge in [0.2, 0.25) is 9.84 Å². The Bertz CT molecular complexity index is 1310. The molecule has 1 aliphatic rings. The Morgan fingerprint density at radius 2 is 1.80 bits per heavy atom. The molecule has 1 aromatic carbocycles. The van der Waals surface area contributed by atoms with Crippen molar-refractivity contribution in [3.8, 4) is 11.3 Å². The minimum atomic E-state index is -3.66. The van der Waals surface area contributed by atoms with Crippen LogP contribution in [-0.4, -0.2) is 37.6 Å². The van der Waals surface area contributed by atoms with Crippen LogP contribution in [0.4, 0.5) is 5.82 Å². The van der Waals surface area contributed by atoms with Crippen molar-refractivity contribution in [2.24, 2.45) is 5.92 Å². The summed E-state index contributed by atoms with van der Waals surface area (Å²) in [5.74, 6) is 1.13. The number of aryl methyl sites for hydroxylation is 1. The summed E-state index contributed by atoms with van der Waals surface area (Å²) in [6.45, 7) is 6.01. The monoisotopic (exact) mass is 513 g/mol. The first-order valence-corrected chi connectivity index (χ1v) is 13.5. The van der Waals surface area contributed by atoms with E-state index in [0.29, 0.717) is 22.3 Å². The van der Waals surface area contributed by atoms with Crippen LogP contribution in [0.2, 0.25) is 5.02 Å². The van der Waals surface area contributed by atoms with Crippen LogP contribution >= 0.6 is 11.6 Å². The molecule has 0 amide bonds. The molecule has 1 unspecified atom stereocenters. The topological polar surface area (TPSA) is 97.3 Å². The van der Waals surface area contributed by atoms with Gasteiger partial charge >= 0.3 is 6.15 Å². The molecule has 184 valence electrons. The predicted molar refractivity (Wildman–Crippen MR) is 135 cm³/mol. The van der Waals surface area contributed by atoms with Gasteiger partial charge < -0.3 is 4.90 Å². The standard InChI is InChI=1S/C25H28ClN3O2S.CO2/c1-3-19-9-7-15-29(16-19)23-11-6-12-24(28-23)32(30,31)17-20-13-14-22(26)25(27-20)21-10-5-4-8-18(21)2;2-1-3/h4-6,8,10-14,19H,3,7,9,15-17H2,1-2H3;. The number of carbonyl (C=O) groups excluding carboxylic acids is 2. The molecule has 0 radical (unpaired) electrons. The van der Waals surface area contributed by atoms with Crippen molar-refractivity contribution >= 4 is 33.4 Å². The van der Waals surface area contributed by atoms with Gasteiger partial charge in [-0.3, -0.25) is 4.98 Å². The van der Waals surface area contributed by atoms with Gasteiger partial charge in [-0.25, -0.2) is 13.4 Å².